The minimum atomic E-state index is 0.328. The second kappa shape index (κ2) is 6.62. The first-order chi connectivity index (χ1) is 9.52. The Hall–Kier alpha value is -1.02. The van der Waals surface area contributed by atoms with Crippen LogP contribution in [0.3, 0.4) is 0 Å². The Morgan fingerprint density at radius 3 is 2.70 bits per heavy atom. The zero-order valence-electron chi connectivity index (χ0n) is 13.6. The number of fused-ring (bicyclic) bond motifs is 1. The van der Waals surface area contributed by atoms with E-state index in [1.807, 2.05) is 0 Å². The van der Waals surface area contributed by atoms with Crippen LogP contribution in [0.5, 0.6) is 0 Å². The lowest BCUT2D eigenvalue weighted by Gasteiger charge is -2.33. The molecule has 2 heteroatoms. The predicted molar refractivity (Wildman–Crippen MR) is 88.5 cm³/mol. The lowest BCUT2D eigenvalue weighted by Crippen LogP contribution is -2.43. The number of para-hydroxylation sites is 1. The van der Waals surface area contributed by atoms with Crippen molar-refractivity contribution in [1.82, 2.24) is 5.32 Å². The van der Waals surface area contributed by atoms with Gasteiger partial charge in [0, 0.05) is 24.8 Å². The van der Waals surface area contributed by atoms with Gasteiger partial charge in [-0.25, -0.2) is 0 Å². The topological polar surface area (TPSA) is 15.3 Å². The fourth-order valence-electron chi connectivity index (χ4n) is 3.08. The number of hydrogen-bond donors (Lipinski definition) is 1. The van der Waals surface area contributed by atoms with Gasteiger partial charge in [-0.3, -0.25) is 0 Å². The minimum Gasteiger partial charge on any atom is -0.371 e. The van der Waals surface area contributed by atoms with Crippen molar-refractivity contribution in [3.8, 4) is 0 Å². The Morgan fingerprint density at radius 2 is 2.00 bits per heavy atom. The quantitative estimate of drug-likeness (QED) is 0.847. The number of nitrogens with one attached hydrogen (secondary N) is 1. The molecule has 0 fully saturated rings. The van der Waals surface area contributed by atoms with E-state index in [0.29, 0.717) is 11.5 Å². The van der Waals surface area contributed by atoms with Crippen LogP contribution in [0.1, 0.15) is 46.1 Å². The van der Waals surface area contributed by atoms with Crippen LogP contribution in [0, 0.1) is 5.41 Å². The Balaban J connectivity index is 1.93. The van der Waals surface area contributed by atoms with Crippen LogP contribution in [-0.2, 0) is 6.42 Å². The van der Waals surface area contributed by atoms with Gasteiger partial charge in [0.05, 0.1) is 0 Å². The Bertz CT molecular complexity index is 420. The maximum atomic E-state index is 3.73. The molecule has 1 aliphatic rings. The molecule has 0 radical (unpaired) electrons. The van der Waals surface area contributed by atoms with Crippen molar-refractivity contribution in [1.29, 1.82) is 0 Å². The SMILES string of the molecule is CCCNC(CCN1CCc2ccccc21)C(C)(C)C. The molecular weight excluding hydrogens is 244 g/mol. The van der Waals surface area contributed by atoms with Gasteiger partial charge in [-0.05, 0) is 42.9 Å². The van der Waals surface area contributed by atoms with Crippen molar-refractivity contribution in [2.75, 3.05) is 24.5 Å². The van der Waals surface area contributed by atoms with Gasteiger partial charge in [-0.2, -0.15) is 0 Å². The molecule has 0 amide bonds. The van der Waals surface area contributed by atoms with Crippen molar-refractivity contribution >= 4 is 5.69 Å². The molecule has 20 heavy (non-hydrogen) atoms. The molecule has 1 heterocycles. The third-order valence-corrected chi connectivity index (χ3v) is 4.36. The summed E-state index contributed by atoms with van der Waals surface area (Å²) in [5.41, 5.74) is 3.30. The number of benzene rings is 1. The third-order valence-electron chi connectivity index (χ3n) is 4.36. The van der Waals surface area contributed by atoms with Crippen molar-refractivity contribution in [3.05, 3.63) is 29.8 Å². The molecule has 1 aliphatic heterocycles. The average Bonchev–Trinajstić information content (AvgIpc) is 2.81. The molecule has 0 aromatic heterocycles. The fraction of sp³-hybridized carbons (Fsp3) is 0.667. The maximum absolute atomic E-state index is 3.73. The standard InChI is InChI=1S/C18H30N2/c1-5-12-19-17(18(2,3)4)11-14-20-13-10-15-8-6-7-9-16(15)20/h6-9,17,19H,5,10-14H2,1-4H3. The minimum absolute atomic E-state index is 0.328. The van der Waals surface area contributed by atoms with Crippen molar-refractivity contribution in [2.24, 2.45) is 5.41 Å². The third kappa shape index (κ3) is 3.76. The average molecular weight is 274 g/mol. The zero-order valence-corrected chi connectivity index (χ0v) is 13.6. The Kier molecular flexibility index (Phi) is 5.09. The highest BCUT2D eigenvalue weighted by Gasteiger charge is 2.25. The molecule has 1 atom stereocenters. The summed E-state index contributed by atoms with van der Waals surface area (Å²) >= 11 is 0. The largest absolute Gasteiger partial charge is 0.371 e. The molecule has 1 aromatic carbocycles. The highest BCUT2D eigenvalue weighted by molar-refractivity contribution is 5.57. The van der Waals surface area contributed by atoms with Gasteiger partial charge < -0.3 is 10.2 Å². The van der Waals surface area contributed by atoms with Gasteiger partial charge in [-0.15, -0.1) is 0 Å². The fourth-order valence-corrected chi connectivity index (χ4v) is 3.08. The predicted octanol–water partition coefficient (Wildman–Crippen LogP) is 3.85. The van der Waals surface area contributed by atoms with Crippen LogP contribution >= 0.6 is 0 Å². The Labute approximate surface area is 124 Å². The molecule has 0 spiro atoms. The van der Waals surface area contributed by atoms with Crippen molar-refractivity contribution in [2.45, 2.75) is 53.0 Å². The van der Waals surface area contributed by atoms with E-state index in [4.69, 9.17) is 0 Å². The Morgan fingerprint density at radius 1 is 1.25 bits per heavy atom. The van der Waals surface area contributed by atoms with Crippen LogP contribution in [-0.4, -0.2) is 25.7 Å². The number of rotatable bonds is 6. The van der Waals surface area contributed by atoms with Gasteiger partial charge >= 0.3 is 0 Å². The molecule has 2 nitrogen and oxygen atoms in total. The van der Waals surface area contributed by atoms with Crippen LogP contribution in [0.2, 0.25) is 0 Å². The molecule has 0 saturated heterocycles. The van der Waals surface area contributed by atoms with Crippen molar-refractivity contribution < 1.29 is 0 Å². The van der Waals surface area contributed by atoms with Gasteiger partial charge in [0.1, 0.15) is 0 Å². The van der Waals surface area contributed by atoms with E-state index in [1.165, 1.54) is 37.1 Å². The molecule has 0 aliphatic carbocycles. The molecule has 2 rings (SSSR count). The summed E-state index contributed by atoms with van der Waals surface area (Å²) in [6.07, 6.45) is 3.63. The summed E-state index contributed by atoms with van der Waals surface area (Å²) in [7, 11) is 0. The zero-order chi connectivity index (χ0) is 14.6. The van der Waals surface area contributed by atoms with Crippen LogP contribution in [0.15, 0.2) is 24.3 Å². The smallest absolute Gasteiger partial charge is 0.0399 e. The molecule has 1 N–H and O–H groups in total. The van der Waals surface area contributed by atoms with E-state index < -0.39 is 0 Å². The number of nitrogens with zero attached hydrogens (tertiary/aromatic N) is 1. The summed E-state index contributed by atoms with van der Waals surface area (Å²) in [6.45, 7) is 12.7. The molecule has 0 bridgehead atoms. The number of anilines is 1. The maximum Gasteiger partial charge on any atom is 0.0399 e. The summed E-state index contributed by atoms with van der Waals surface area (Å²) < 4.78 is 0. The lowest BCUT2D eigenvalue weighted by molar-refractivity contribution is 0.257. The second-order valence-electron chi connectivity index (χ2n) is 7.03. The van der Waals surface area contributed by atoms with E-state index in [-0.39, 0.29) is 0 Å². The first kappa shape index (κ1) is 15.4. The van der Waals surface area contributed by atoms with Gasteiger partial charge in [0.15, 0.2) is 0 Å². The van der Waals surface area contributed by atoms with E-state index in [2.05, 4.69) is 62.2 Å². The number of hydrogen-bond acceptors (Lipinski definition) is 2. The monoisotopic (exact) mass is 274 g/mol. The molecule has 112 valence electrons. The van der Waals surface area contributed by atoms with Crippen molar-refractivity contribution in [3.63, 3.8) is 0 Å². The summed E-state index contributed by atoms with van der Waals surface area (Å²) in [5, 5.41) is 3.73. The highest BCUT2D eigenvalue weighted by atomic mass is 15.1. The van der Waals surface area contributed by atoms with Gasteiger partial charge in [0.2, 0.25) is 0 Å². The van der Waals surface area contributed by atoms with Gasteiger partial charge in [0.25, 0.3) is 0 Å². The molecule has 1 aromatic rings. The van der Waals surface area contributed by atoms with E-state index >= 15 is 0 Å². The van der Waals surface area contributed by atoms with E-state index in [0.717, 1.165) is 13.1 Å². The van der Waals surface area contributed by atoms with Crippen LogP contribution in [0.4, 0.5) is 5.69 Å². The summed E-state index contributed by atoms with van der Waals surface area (Å²) in [5.74, 6) is 0. The van der Waals surface area contributed by atoms with Crippen LogP contribution in [0.25, 0.3) is 0 Å². The summed E-state index contributed by atoms with van der Waals surface area (Å²) in [6, 6.07) is 9.45. The second-order valence-corrected chi connectivity index (χ2v) is 7.03. The molecule has 0 saturated carbocycles. The molecular formula is C18H30N2. The van der Waals surface area contributed by atoms with Crippen LogP contribution < -0.4 is 10.2 Å². The molecule has 1 unspecified atom stereocenters. The highest BCUT2D eigenvalue weighted by Crippen LogP contribution is 2.29. The first-order valence-electron chi connectivity index (χ1n) is 8.08. The normalized spacial score (nSPS) is 16.3. The lowest BCUT2D eigenvalue weighted by atomic mass is 9.84. The summed E-state index contributed by atoms with van der Waals surface area (Å²) in [4.78, 5) is 2.56. The van der Waals surface area contributed by atoms with E-state index in [9.17, 15) is 0 Å². The van der Waals surface area contributed by atoms with Gasteiger partial charge in [-0.1, -0.05) is 45.9 Å². The first-order valence-corrected chi connectivity index (χ1v) is 8.08. The van der Waals surface area contributed by atoms with E-state index in [1.54, 1.807) is 0 Å².